The topological polar surface area (TPSA) is 50.7 Å². The predicted octanol–water partition coefficient (Wildman–Crippen LogP) is 3.22. The SMILES string of the molecule is CCC(CC)CC(C)N=C1NC(=O)C(C2CCOCC2)S1. The number of amides is 1. The number of amidine groups is 1. The van der Waals surface area contributed by atoms with Crippen molar-refractivity contribution in [2.45, 2.75) is 64.2 Å². The summed E-state index contributed by atoms with van der Waals surface area (Å²) in [5, 5.41) is 3.84. The van der Waals surface area contributed by atoms with Crippen LogP contribution in [0.2, 0.25) is 0 Å². The Hall–Kier alpha value is -0.550. The van der Waals surface area contributed by atoms with Crippen LogP contribution in [0.5, 0.6) is 0 Å². The van der Waals surface area contributed by atoms with Crippen LogP contribution >= 0.6 is 11.8 Å². The van der Waals surface area contributed by atoms with Gasteiger partial charge >= 0.3 is 0 Å². The molecule has 21 heavy (non-hydrogen) atoms. The first-order chi connectivity index (χ1) is 10.1. The highest BCUT2D eigenvalue weighted by Crippen LogP contribution is 2.32. The molecule has 0 aliphatic carbocycles. The minimum Gasteiger partial charge on any atom is -0.381 e. The number of rotatable bonds is 6. The number of nitrogens with zero attached hydrogens (tertiary/aromatic N) is 1. The van der Waals surface area contributed by atoms with E-state index in [1.54, 1.807) is 11.8 Å². The average molecular weight is 312 g/mol. The van der Waals surface area contributed by atoms with Crippen LogP contribution in [-0.4, -0.2) is 35.6 Å². The van der Waals surface area contributed by atoms with Crippen LogP contribution in [0.15, 0.2) is 4.99 Å². The number of ether oxygens (including phenoxy) is 1. The number of hydrogen-bond acceptors (Lipinski definition) is 4. The highest BCUT2D eigenvalue weighted by Gasteiger charge is 2.37. The van der Waals surface area contributed by atoms with E-state index in [0.717, 1.165) is 43.6 Å². The normalized spacial score (nSPS) is 27.3. The summed E-state index contributed by atoms with van der Waals surface area (Å²) in [6.07, 6.45) is 5.49. The first kappa shape index (κ1) is 16.8. The molecule has 2 unspecified atom stereocenters. The van der Waals surface area contributed by atoms with Crippen LogP contribution in [0, 0.1) is 11.8 Å². The first-order valence-corrected chi connectivity index (χ1v) is 9.15. The third-order valence-corrected chi connectivity index (χ3v) is 5.87. The van der Waals surface area contributed by atoms with Gasteiger partial charge in [-0.25, -0.2) is 0 Å². The zero-order valence-electron chi connectivity index (χ0n) is 13.4. The van der Waals surface area contributed by atoms with Crippen molar-refractivity contribution in [3.05, 3.63) is 0 Å². The second-order valence-electron chi connectivity index (χ2n) is 6.18. The fraction of sp³-hybridized carbons (Fsp3) is 0.875. The molecule has 2 aliphatic rings. The lowest BCUT2D eigenvalue weighted by molar-refractivity contribution is -0.120. The van der Waals surface area contributed by atoms with Crippen molar-refractivity contribution in [1.82, 2.24) is 5.32 Å². The van der Waals surface area contributed by atoms with Gasteiger partial charge in [0, 0.05) is 13.2 Å². The van der Waals surface area contributed by atoms with E-state index in [1.165, 1.54) is 12.8 Å². The number of carbonyl (C=O) groups excluding carboxylic acids is 1. The second kappa shape index (κ2) is 8.18. The molecule has 120 valence electrons. The third-order valence-electron chi connectivity index (χ3n) is 4.59. The van der Waals surface area contributed by atoms with Crippen molar-refractivity contribution in [2.24, 2.45) is 16.8 Å². The molecule has 5 heteroatoms. The molecule has 0 bridgehead atoms. The van der Waals surface area contributed by atoms with Crippen molar-refractivity contribution >= 4 is 22.8 Å². The Labute approximate surface area is 132 Å². The summed E-state index contributed by atoms with van der Waals surface area (Å²) in [7, 11) is 0. The maximum absolute atomic E-state index is 12.1. The smallest absolute Gasteiger partial charge is 0.239 e. The van der Waals surface area contributed by atoms with Gasteiger partial charge in [0.1, 0.15) is 0 Å². The lowest BCUT2D eigenvalue weighted by Gasteiger charge is -2.24. The Kier molecular flexibility index (Phi) is 6.55. The summed E-state index contributed by atoms with van der Waals surface area (Å²) in [6.45, 7) is 8.20. The van der Waals surface area contributed by atoms with E-state index in [4.69, 9.17) is 9.73 Å². The third kappa shape index (κ3) is 4.71. The standard InChI is InChI=1S/C16H28N2O2S/c1-4-12(5-2)10-11(3)17-16-18-15(19)14(21-16)13-6-8-20-9-7-13/h11-14H,4-10H2,1-3H3,(H,17,18,19). The summed E-state index contributed by atoms with van der Waals surface area (Å²) in [4.78, 5) is 16.9. The monoisotopic (exact) mass is 312 g/mol. The zero-order valence-corrected chi connectivity index (χ0v) is 14.2. The molecular formula is C16H28N2O2S. The van der Waals surface area contributed by atoms with Crippen LogP contribution in [0.25, 0.3) is 0 Å². The molecule has 2 heterocycles. The van der Waals surface area contributed by atoms with Crippen molar-refractivity contribution in [1.29, 1.82) is 0 Å². The van der Waals surface area contributed by atoms with E-state index in [9.17, 15) is 4.79 Å². The van der Waals surface area contributed by atoms with Gasteiger partial charge in [-0.05, 0) is 38.0 Å². The Morgan fingerprint density at radius 2 is 2.00 bits per heavy atom. The first-order valence-electron chi connectivity index (χ1n) is 8.27. The zero-order chi connectivity index (χ0) is 15.2. The minimum absolute atomic E-state index is 0.0352. The summed E-state index contributed by atoms with van der Waals surface area (Å²) < 4.78 is 5.38. The Morgan fingerprint density at radius 3 is 2.62 bits per heavy atom. The van der Waals surface area contributed by atoms with E-state index in [2.05, 4.69) is 26.1 Å². The number of thioether (sulfide) groups is 1. The van der Waals surface area contributed by atoms with Crippen LogP contribution in [0.4, 0.5) is 0 Å². The number of carbonyl (C=O) groups is 1. The summed E-state index contributed by atoms with van der Waals surface area (Å²) in [5.41, 5.74) is 0. The molecule has 4 nitrogen and oxygen atoms in total. The molecule has 0 saturated carbocycles. The lowest BCUT2D eigenvalue weighted by atomic mass is 9.96. The molecule has 0 aromatic carbocycles. The summed E-state index contributed by atoms with van der Waals surface area (Å²) in [6, 6.07) is 0.283. The molecule has 2 fully saturated rings. The van der Waals surface area contributed by atoms with Gasteiger partial charge in [-0.1, -0.05) is 38.5 Å². The molecule has 2 saturated heterocycles. The van der Waals surface area contributed by atoms with Gasteiger partial charge < -0.3 is 10.1 Å². The van der Waals surface area contributed by atoms with E-state index in [0.29, 0.717) is 5.92 Å². The molecular weight excluding hydrogens is 284 g/mol. The number of hydrogen-bond donors (Lipinski definition) is 1. The molecule has 2 atom stereocenters. The van der Waals surface area contributed by atoms with Crippen LogP contribution < -0.4 is 5.32 Å². The van der Waals surface area contributed by atoms with Gasteiger partial charge in [-0.3, -0.25) is 9.79 Å². The van der Waals surface area contributed by atoms with E-state index < -0.39 is 0 Å². The molecule has 2 aliphatic heterocycles. The molecule has 1 amide bonds. The van der Waals surface area contributed by atoms with Crippen LogP contribution in [0.1, 0.15) is 52.9 Å². The van der Waals surface area contributed by atoms with Gasteiger partial charge in [0.25, 0.3) is 0 Å². The van der Waals surface area contributed by atoms with Gasteiger partial charge in [-0.15, -0.1) is 0 Å². The van der Waals surface area contributed by atoms with Gasteiger partial charge in [0.05, 0.1) is 11.3 Å². The van der Waals surface area contributed by atoms with Crippen LogP contribution in [0.3, 0.4) is 0 Å². The second-order valence-corrected chi connectivity index (χ2v) is 7.31. The van der Waals surface area contributed by atoms with Gasteiger partial charge in [0.15, 0.2) is 5.17 Å². The fourth-order valence-electron chi connectivity index (χ4n) is 3.13. The van der Waals surface area contributed by atoms with Gasteiger partial charge in [-0.2, -0.15) is 0 Å². The maximum atomic E-state index is 12.1. The Bertz CT molecular complexity index is 376. The molecule has 2 rings (SSSR count). The summed E-state index contributed by atoms with van der Waals surface area (Å²) >= 11 is 1.63. The highest BCUT2D eigenvalue weighted by molar-refractivity contribution is 8.15. The molecule has 0 radical (unpaired) electrons. The van der Waals surface area contributed by atoms with E-state index in [-0.39, 0.29) is 17.2 Å². The van der Waals surface area contributed by atoms with Gasteiger partial charge in [0.2, 0.25) is 5.91 Å². The average Bonchev–Trinajstić information content (AvgIpc) is 2.86. The minimum atomic E-state index is 0.0352. The largest absolute Gasteiger partial charge is 0.381 e. The predicted molar refractivity (Wildman–Crippen MR) is 88.7 cm³/mol. The lowest BCUT2D eigenvalue weighted by Crippen LogP contribution is -2.33. The van der Waals surface area contributed by atoms with Crippen molar-refractivity contribution in [3.63, 3.8) is 0 Å². The number of nitrogens with one attached hydrogen (secondary N) is 1. The van der Waals surface area contributed by atoms with Crippen molar-refractivity contribution in [3.8, 4) is 0 Å². The molecule has 1 N–H and O–H groups in total. The van der Waals surface area contributed by atoms with Crippen molar-refractivity contribution < 1.29 is 9.53 Å². The maximum Gasteiger partial charge on any atom is 0.239 e. The Morgan fingerprint density at radius 1 is 1.33 bits per heavy atom. The quantitative estimate of drug-likeness (QED) is 0.819. The highest BCUT2D eigenvalue weighted by atomic mass is 32.2. The molecule has 0 aromatic rings. The molecule has 0 spiro atoms. The molecule has 0 aromatic heterocycles. The van der Waals surface area contributed by atoms with Crippen LogP contribution in [-0.2, 0) is 9.53 Å². The fourth-order valence-corrected chi connectivity index (χ4v) is 4.40. The number of aliphatic imine (C=N–C) groups is 1. The van der Waals surface area contributed by atoms with E-state index >= 15 is 0 Å². The van der Waals surface area contributed by atoms with Crippen molar-refractivity contribution in [2.75, 3.05) is 13.2 Å². The van der Waals surface area contributed by atoms with E-state index in [1.807, 2.05) is 0 Å². The Balaban J connectivity index is 1.90. The summed E-state index contributed by atoms with van der Waals surface area (Å²) in [5.74, 6) is 1.31.